The predicted octanol–water partition coefficient (Wildman–Crippen LogP) is 5.08. The molecule has 125 valence electrons. The lowest BCUT2D eigenvalue weighted by atomic mass is 10.1. The molecule has 0 fully saturated rings. The van der Waals surface area contributed by atoms with Gasteiger partial charge in [-0.25, -0.2) is 9.97 Å². The van der Waals surface area contributed by atoms with Crippen LogP contribution in [0.15, 0.2) is 52.5 Å². The molecule has 1 aromatic carbocycles. The Morgan fingerprint density at radius 2 is 2.04 bits per heavy atom. The smallest absolute Gasteiger partial charge is 0.139 e. The lowest BCUT2D eigenvalue weighted by Crippen LogP contribution is -2.18. The van der Waals surface area contributed by atoms with Crippen LogP contribution >= 0.6 is 11.3 Å². The highest BCUT2D eigenvalue weighted by Gasteiger charge is 2.13. The normalized spacial score (nSPS) is 11.2. The van der Waals surface area contributed by atoms with E-state index in [2.05, 4.69) is 53.3 Å². The number of aryl methyl sites for hydroxylation is 1. The zero-order valence-corrected chi connectivity index (χ0v) is 15.0. The van der Waals surface area contributed by atoms with Gasteiger partial charge in [0, 0.05) is 29.8 Å². The molecule has 0 saturated heterocycles. The number of hydrogen-bond donors (Lipinski definition) is 0. The van der Waals surface area contributed by atoms with Crippen LogP contribution < -0.4 is 4.90 Å². The summed E-state index contributed by atoms with van der Waals surface area (Å²) in [6, 6.07) is 12.1. The highest BCUT2D eigenvalue weighted by atomic mass is 32.1. The van der Waals surface area contributed by atoms with Crippen molar-refractivity contribution in [3.05, 3.63) is 71.2 Å². The third kappa shape index (κ3) is 3.03. The van der Waals surface area contributed by atoms with Crippen molar-refractivity contribution < 1.29 is 4.42 Å². The number of fused-ring (bicyclic) bond motifs is 1. The number of benzene rings is 1. The Kier molecular flexibility index (Phi) is 4.01. The van der Waals surface area contributed by atoms with Crippen LogP contribution in [0.2, 0.25) is 0 Å². The molecule has 25 heavy (non-hydrogen) atoms. The van der Waals surface area contributed by atoms with Crippen LogP contribution in [0.5, 0.6) is 0 Å². The van der Waals surface area contributed by atoms with Gasteiger partial charge in [0.25, 0.3) is 0 Å². The molecule has 0 aliphatic carbocycles. The van der Waals surface area contributed by atoms with Crippen molar-refractivity contribution in [1.82, 2.24) is 9.97 Å². The first-order chi connectivity index (χ1) is 12.1. The largest absolute Gasteiger partial charge is 0.461 e. The minimum Gasteiger partial charge on any atom is -0.461 e. The van der Waals surface area contributed by atoms with E-state index in [0.29, 0.717) is 5.76 Å². The molecule has 4 aromatic rings. The van der Waals surface area contributed by atoms with Gasteiger partial charge in [0.1, 0.15) is 23.7 Å². The minimum absolute atomic E-state index is 0.657. The highest BCUT2D eigenvalue weighted by Crippen LogP contribution is 2.30. The Labute approximate surface area is 150 Å². The molecule has 0 aliphatic heterocycles. The van der Waals surface area contributed by atoms with Crippen LogP contribution in [0.4, 0.5) is 5.82 Å². The number of nitrogens with zero attached hydrogens (tertiary/aromatic N) is 3. The third-order valence-corrected chi connectivity index (χ3v) is 5.28. The Hall–Kier alpha value is -2.66. The van der Waals surface area contributed by atoms with E-state index in [1.54, 1.807) is 17.7 Å². The van der Waals surface area contributed by atoms with Crippen LogP contribution in [0.25, 0.3) is 22.2 Å². The molecule has 5 heteroatoms. The average molecular weight is 348 g/mol. The van der Waals surface area contributed by atoms with Crippen molar-refractivity contribution in [2.45, 2.75) is 13.5 Å². The summed E-state index contributed by atoms with van der Waals surface area (Å²) in [7, 11) is 2.06. The molecule has 4 rings (SSSR count). The monoisotopic (exact) mass is 348 g/mol. The molecule has 1 radical (unpaired) electrons. The highest BCUT2D eigenvalue weighted by molar-refractivity contribution is 7.10. The molecule has 3 heterocycles. The number of thiophene rings is 1. The fraction of sp³-hybridized carbons (Fsp3) is 0.150. The van der Waals surface area contributed by atoms with E-state index < -0.39 is 0 Å². The minimum atomic E-state index is 0.657. The zero-order chi connectivity index (χ0) is 17.4. The molecule has 4 nitrogen and oxygen atoms in total. The molecule has 0 bridgehead atoms. The topological polar surface area (TPSA) is 42.2 Å². The first kappa shape index (κ1) is 15.8. The van der Waals surface area contributed by atoms with E-state index in [-0.39, 0.29) is 0 Å². The SMILES string of the molecule is [CH2]c1ccc(-c2ccc3ncnc(N(C)Cc4sccc4C)c3c2)o1. The van der Waals surface area contributed by atoms with Crippen molar-refractivity contribution in [1.29, 1.82) is 0 Å². The first-order valence-electron chi connectivity index (χ1n) is 8.03. The zero-order valence-electron chi connectivity index (χ0n) is 14.2. The maximum absolute atomic E-state index is 5.66. The summed E-state index contributed by atoms with van der Waals surface area (Å²) in [5.74, 6) is 2.38. The van der Waals surface area contributed by atoms with Gasteiger partial charge in [-0.2, -0.15) is 0 Å². The van der Waals surface area contributed by atoms with E-state index >= 15 is 0 Å². The van der Waals surface area contributed by atoms with Gasteiger partial charge < -0.3 is 9.32 Å². The maximum atomic E-state index is 5.66. The Bertz CT molecular complexity index is 1030. The summed E-state index contributed by atoms with van der Waals surface area (Å²) >= 11 is 1.77. The van der Waals surface area contributed by atoms with E-state index in [1.807, 2.05) is 24.3 Å². The number of aromatic nitrogens is 2. The van der Waals surface area contributed by atoms with E-state index in [1.165, 1.54) is 10.4 Å². The number of anilines is 1. The van der Waals surface area contributed by atoms with E-state index in [4.69, 9.17) is 4.42 Å². The van der Waals surface area contributed by atoms with Gasteiger partial charge >= 0.3 is 0 Å². The Morgan fingerprint density at radius 1 is 1.16 bits per heavy atom. The lowest BCUT2D eigenvalue weighted by molar-refractivity contribution is 0.563. The summed E-state index contributed by atoms with van der Waals surface area (Å²) < 4.78 is 5.66. The third-order valence-electron chi connectivity index (χ3n) is 4.27. The molecule has 0 N–H and O–H groups in total. The van der Waals surface area contributed by atoms with Gasteiger partial charge in [-0.15, -0.1) is 11.3 Å². The van der Waals surface area contributed by atoms with Gasteiger partial charge in [-0.3, -0.25) is 0 Å². The lowest BCUT2D eigenvalue weighted by Gasteiger charge is -2.19. The second kappa shape index (κ2) is 6.33. The molecular weight excluding hydrogens is 330 g/mol. The maximum Gasteiger partial charge on any atom is 0.139 e. The fourth-order valence-corrected chi connectivity index (χ4v) is 3.85. The summed E-state index contributed by atoms with van der Waals surface area (Å²) in [6.45, 7) is 6.79. The molecular formula is C20H18N3OS. The van der Waals surface area contributed by atoms with Crippen molar-refractivity contribution in [3.63, 3.8) is 0 Å². The van der Waals surface area contributed by atoms with Gasteiger partial charge in [0.2, 0.25) is 0 Å². The number of furan rings is 1. The van der Waals surface area contributed by atoms with Gasteiger partial charge in [0.05, 0.1) is 12.1 Å². The van der Waals surface area contributed by atoms with Crippen molar-refractivity contribution in [2.75, 3.05) is 11.9 Å². The molecule has 0 unspecified atom stereocenters. The number of hydrogen-bond acceptors (Lipinski definition) is 5. The van der Waals surface area contributed by atoms with E-state index in [0.717, 1.165) is 34.6 Å². The molecule has 0 spiro atoms. The number of rotatable bonds is 4. The first-order valence-corrected chi connectivity index (χ1v) is 8.91. The van der Waals surface area contributed by atoms with Crippen LogP contribution in [0.1, 0.15) is 16.2 Å². The van der Waals surface area contributed by atoms with Crippen LogP contribution in [0.3, 0.4) is 0 Å². The van der Waals surface area contributed by atoms with Crippen molar-refractivity contribution >= 4 is 28.1 Å². The average Bonchev–Trinajstić information content (AvgIpc) is 3.22. The van der Waals surface area contributed by atoms with E-state index in [9.17, 15) is 0 Å². The molecule has 0 saturated carbocycles. The quantitative estimate of drug-likeness (QED) is 0.516. The standard InChI is InChI=1S/C20H18N3OS/c1-13-8-9-25-19(13)11-23(3)20-16-10-15(18-7-4-14(2)24-18)5-6-17(16)21-12-22-20/h4-10,12H,2,11H2,1,3H3. The second-order valence-corrected chi connectivity index (χ2v) is 7.08. The Balaban J connectivity index is 1.76. The summed E-state index contributed by atoms with van der Waals surface area (Å²) in [5.41, 5.74) is 3.23. The van der Waals surface area contributed by atoms with Crippen LogP contribution in [0, 0.1) is 13.8 Å². The molecule has 3 aromatic heterocycles. The summed E-state index contributed by atoms with van der Waals surface area (Å²) in [4.78, 5) is 12.4. The summed E-state index contributed by atoms with van der Waals surface area (Å²) in [6.07, 6.45) is 1.62. The predicted molar refractivity (Wildman–Crippen MR) is 103 cm³/mol. The van der Waals surface area contributed by atoms with Crippen LogP contribution in [-0.4, -0.2) is 17.0 Å². The van der Waals surface area contributed by atoms with Gasteiger partial charge in [-0.05, 0) is 54.3 Å². The van der Waals surface area contributed by atoms with Gasteiger partial charge in [0.15, 0.2) is 0 Å². The van der Waals surface area contributed by atoms with Crippen molar-refractivity contribution in [3.8, 4) is 11.3 Å². The molecule has 0 amide bonds. The Morgan fingerprint density at radius 3 is 2.76 bits per heavy atom. The van der Waals surface area contributed by atoms with Crippen LogP contribution in [-0.2, 0) is 6.54 Å². The second-order valence-electron chi connectivity index (χ2n) is 6.08. The van der Waals surface area contributed by atoms with Gasteiger partial charge in [-0.1, -0.05) is 0 Å². The fourth-order valence-electron chi connectivity index (χ4n) is 2.89. The molecule has 0 atom stereocenters. The summed E-state index contributed by atoms with van der Waals surface area (Å²) in [5, 5.41) is 3.14. The molecule has 0 aliphatic rings. The van der Waals surface area contributed by atoms with Crippen molar-refractivity contribution in [2.24, 2.45) is 0 Å².